The Bertz CT molecular complexity index is 1040. The van der Waals surface area contributed by atoms with Gasteiger partial charge in [0.25, 0.3) is 5.91 Å². The second-order valence-corrected chi connectivity index (χ2v) is 7.88. The highest BCUT2D eigenvalue weighted by Gasteiger charge is 2.19. The predicted molar refractivity (Wildman–Crippen MR) is 118 cm³/mol. The van der Waals surface area contributed by atoms with Crippen molar-refractivity contribution in [1.82, 2.24) is 15.3 Å². The van der Waals surface area contributed by atoms with Crippen molar-refractivity contribution in [1.29, 1.82) is 0 Å². The van der Waals surface area contributed by atoms with Gasteiger partial charge in [-0.25, -0.2) is 9.97 Å². The molecule has 3 aromatic rings. The van der Waals surface area contributed by atoms with Crippen LogP contribution in [0, 0.1) is 6.92 Å². The van der Waals surface area contributed by atoms with Crippen LogP contribution in [0.3, 0.4) is 0 Å². The van der Waals surface area contributed by atoms with E-state index in [4.69, 9.17) is 9.47 Å². The zero-order valence-electron chi connectivity index (χ0n) is 17.5. The SMILES string of the molecule is COc1ccc(CCNc2ncnc3sc(C(=O)NCC(C)O)c(C)c23)cc1OC. The molecule has 3 N–H and O–H groups in total. The smallest absolute Gasteiger partial charge is 0.261 e. The quantitative estimate of drug-likeness (QED) is 0.479. The molecule has 2 aromatic heterocycles. The first-order chi connectivity index (χ1) is 14.4. The number of aliphatic hydroxyl groups excluding tert-OH is 1. The fourth-order valence-electron chi connectivity index (χ4n) is 3.10. The molecule has 0 saturated carbocycles. The highest BCUT2D eigenvalue weighted by Crippen LogP contribution is 2.33. The molecule has 0 spiro atoms. The van der Waals surface area contributed by atoms with Crippen LogP contribution in [0.2, 0.25) is 0 Å². The van der Waals surface area contributed by atoms with Crippen LogP contribution in [0.15, 0.2) is 24.5 Å². The Morgan fingerprint density at radius 2 is 2.00 bits per heavy atom. The Kier molecular flexibility index (Phi) is 7.07. The number of amides is 1. The summed E-state index contributed by atoms with van der Waals surface area (Å²) in [4.78, 5) is 22.5. The van der Waals surface area contributed by atoms with Crippen LogP contribution in [0.1, 0.15) is 27.7 Å². The van der Waals surface area contributed by atoms with Crippen molar-refractivity contribution in [3.8, 4) is 11.5 Å². The van der Waals surface area contributed by atoms with E-state index in [1.165, 1.54) is 17.7 Å². The minimum atomic E-state index is -0.600. The summed E-state index contributed by atoms with van der Waals surface area (Å²) in [7, 11) is 3.23. The summed E-state index contributed by atoms with van der Waals surface area (Å²) in [6.45, 7) is 4.37. The number of carbonyl (C=O) groups excluding carboxylic acids is 1. The molecule has 3 rings (SSSR count). The van der Waals surface area contributed by atoms with E-state index in [0.717, 1.165) is 27.8 Å². The molecule has 1 atom stereocenters. The van der Waals surface area contributed by atoms with E-state index in [9.17, 15) is 9.90 Å². The number of thiophene rings is 1. The normalized spacial score (nSPS) is 11.9. The lowest BCUT2D eigenvalue weighted by atomic mass is 10.1. The number of nitrogens with one attached hydrogen (secondary N) is 2. The van der Waals surface area contributed by atoms with Crippen molar-refractivity contribution in [3.05, 3.63) is 40.5 Å². The number of hydrogen-bond donors (Lipinski definition) is 3. The zero-order chi connectivity index (χ0) is 21.7. The Morgan fingerprint density at radius 3 is 2.70 bits per heavy atom. The molecule has 0 bridgehead atoms. The van der Waals surface area contributed by atoms with Crippen LogP contribution in [0.25, 0.3) is 10.2 Å². The van der Waals surface area contributed by atoms with Gasteiger partial charge in [-0.15, -0.1) is 11.3 Å². The van der Waals surface area contributed by atoms with Crippen LogP contribution < -0.4 is 20.1 Å². The fourth-order valence-corrected chi connectivity index (χ4v) is 4.17. The van der Waals surface area contributed by atoms with E-state index in [0.29, 0.717) is 28.7 Å². The number of ether oxygens (including phenoxy) is 2. The monoisotopic (exact) mass is 430 g/mol. The maximum absolute atomic E-state index is 12.5. The lowest BCUT2D eigenvalue weighted by molar-refractivity contribution is 0.0927. The predicted octanol–water partition coefficient (Wildman–Crippen LogP) is 2.78. The van der Waals surface area contributed by atoms with Gasteiger partial charge in [0.05, 0.1) is 30.6 Å². The van der Waals surface area contributed by atoms with Crippen molar-refractivity contribution >= 4 is 33.3 Å². The van der Waals surface area contributed by atoms with Crippen molar-refractivity contribution in [2.75, 3.05) is 32.6 Å². The van der Waals surface area contributed by atoms with Gasteiger partial charge in [0.15, 0.2) is 11.5 Å². The molecule has 0 saturated heterocycles. The minimum Gasteiger partial charge on any atom is -0.493 e. The second kappa shape index (κ2) is 9.73. The van der Waals surface area contributed by atoms with Crippen LogP contribution in [0.5, 0.6) is 11.5 Å². The topological polar surface area (TPSA) is 106 Å². The average Bonchev–Trinajstić information content (AvgIpc) is 3.09. The molecular formula is C21H26N4O4S. The van der Waals surface area contributed by atoms with Crippen LogP contribution in [-0.2, 0) is 6.42 Å². The summed E-state index contributed by atoms with van der Waals surface area (Å²) in [6, 6.07) is 5.84. The molecule has 0 aliphatic heterocycles. The van der Waals surface area contributed by atoms with Gasteiger partial charge in [0.1, 0.15) is 17.0 Å². The summed E-state index contributed by atoms with van der Waals surface area (Å²) in [5.41, 5.74) is 1.93. The summed E-state index contributed by atoms with van der Waals surface area (Å²) in [5.74, 6) is 1.87. The van der Waals surface area contributed by atoms with Crippen LogP contribution >= 0.6 is 11.3 Å². The Morgan fingerprint density at radius 1 is 1.23 bits per heavy atom. The Balaban J connectivity index is 1.74. The molecule has 2 heterocycles. The molecule has 1 amide bonds. The lowest BCUT2D eigenvalue weighted by Gasteiger charge is -2.11. The number of benzene rings is 1. The minimum absolute atomic E-state index is 0.203. The summed E-state index contributed by atoms with van der Waals surface area (Å²) < 4.78 is 10.6. The molecule has 30 heavy (non-hydrogen) atoms. The zero-order valence-corrected chi connectivity index (χ0v) is 18.3. The highest BCUT2D eigenvalue weighted by atomic mass is 32.1. The van der Waals surface area contributed by atoms with Gasteiger partial charge in [0.2, 0.25) is 0 Å². The molecule has 0 aliphatic carbocycles. The number of carbonyl (C=O) groups is 1. The highest BCUT2D eigenvalue weighted by molar-refractivity contribution is 7.20. The molecule has 0 radical (unpaired) electrons. The summed E-state index contributed by atoms with van der Waals surface area (Å²) in [6.07, 6.45) is 1.66. The van der Waals surface area contributed by atoms with Gasteiger partial charge in [-0.1, -0.05) is 6.07 Å². The Labute approximate surface area is 179 Å². The number of hydrogen-bond acceptors (Lipinski definition) is 8. The number of fused-ring (bicyclic) bond motifs is 1. The number of anilines is 1. The van der Waals surface area contributed by atoms with E-state index < -0.39 is 6.10 Å². The van der Waals surface area contributed by atoms with E-state index >= 15 is 0 Å². The number of aryl methyl sites for hydroxylation is 1. The average molecular weight is 431 g/mol. The molecule has 0 aliphatic rings. The molecule has 9 heteroatoms. The third-order valence-corrected chi connectivity index (χ3v) is 5.84. The number of nitrogens with zero attached hydrogens (tertiary/aromatic N) is 2. The van der Waals surface area contributed by atoms with E-state index in [-0.39, 0.29) is 12.5 Å². The molecule has 0 fully saturated rings. The van der Waals surface area contributed by atoms with Crippen molar-refractivity contribution < 1.29 is 19.4 Å². The molecule has 8 nitrogen and oxygen atoms in total. The van der Waals surface area contributed by atoms with E-state index in [1.807, 2.05) is 25.1 Å². The van der Waals surface area contributed by atoms with Gasteiger partial charge < -0.3 is 25.2 Å². The lowest BCUT2D eigenvalue weighted by Crippen LogP contribution is -2.30. The first kappa shape index (κ1) is 21.8. The van der Waals surface area contributed by atoms with Gasteiger partial charge in [-0.3, -0.25) is 4.79 Å². The number of aliphatic hydroxyl groups is 1. The van der Waals surface area contributed by atoms with Gasteiger partial charge in [0, 0.05) is 13.1 Å². The fraction of sp³-hybridized carbons (Fsp3) is 0.381. The maximum atomic E-state index is 12.5. The summed E-state index contributed by atoms with van der Waals surface area (Å²) >= 11 is 1.32. The standard InChI is InChI=1S/C21H26N4O4S/c1-12(26)10-23-20(27)18-13(2)17-19(24-11-25-21(17)30-18)22-8-7-14-5-6-15(28-3)16(9-14)29-4/h5-6,9,11-12,26H,7-8,10H2,1-4H3,(H,23,27)(H,22,24,25). The molecule has 1 aromatic carbocycles. The Hall–Kier alpha value is -2.91. The molecule has 1 unspecified atom stereocenters. The van der Waals surface area contributed by atoms with Gasteiger partial charge in [-0.05, 0) is 43.5 Å². The van der Waals surface area contributed by atoms with Crippen molar-refractivity contribution in [2.24, 2.45) is 0 Å². The van der Waals surface area contributed by atoms with Crippen molar-refractivity contribution in [2.45, 2.75) is 26.4 Å². The van der Waals surface area contributed by atoms with Crippen LogP contribution in [-0.4, -0.2) is 54.4 Å². The number of aromatic nitrogens is 2. The third-order valence-electron chi connectivity index (χ3n) is 4.65. The van der Waals surface area contributed by atoms with Crippen LogP contribution in [0.4, 0.5) is 5.82 Å². The summed E-state index contributed by atoms with van der Waals surface area (Å²) in [5, 5.41) is 16.3. The number of rotatable bonds is 9. The van der Waals surface area contributed by atoms with Gasteiger partial charge >= 0.3 is 0 Å². The first-order valence-electron chi connectivity index (χ1n) is 9.59. The first-order valence-corrected chi connectivity index (χ1v) is 10.4. The van der Waals surface area contributed by atoms with Gasteiger partial charge in [-0.2, -0.15) is 0 Å². The van der Waals surface area contributed by atoms with E-state index in [1.54, 1.807) is 21.1 Å². The molecule has 160 valence electrons. The largest absolute Gasteiger partial charge is 0.493 e. The maximum Gasteiger partial charge on any atom is 0.261 e. The third kappa shape index (κ3) is 4.80. The van der Waals surface area contributed by atoms with E-state index in [2.05, 4.69) is 20.6 Å². The second-order valence-electron chi connectivity index (χ2n) is 6.88. The molecular weight excluding hydrogens is 404 g/mol. The number of methoxy groups -OCH3 is 2. The van der Waals surface area contributed by atoms with Crippen molar-refractivity contribution in [3.63, 3.8) is 0 Å².